The Kier molecular flexibility index (Phi) is 5.45. The van der Waals surface area contributed by atoms with Crippen LogP contribution < -0.4 is 0 Å². The van der Waals surface area contributed by atoms with E-state index in [9.17, 15) is 4.79 Å². The van der Waals surface area contributed by atoms with Gasteiger partial charge in [-0.05, 0) is 0 Å². The van der Waals surface area contributed by atoms with E-state index in [0.717, 1.165) is 10.7 Å². The lowest BCUT2D eigenvalue weighted by molar-refractivity contribution is -0.141. The molecule has 0 unspecified atom stereocenters. The number of thiazole rings is 1. The second-order valence-electron chi connectivity index (χ2n) is 5.26. The molecular formula is C13H19N3O2S. The molecule has 0 aliphatic carbocycles. The van der Waals surface area contributed by atoms with Gasteiger partial charge in [-0.15, -0.1) is 11.3 Å². The maximum Gasteiger partial charge on any atom is 0.319 e. The Labute approximate surface area is 117 Å². The van der Waals surface area contributed by atoms with Crippen molar-refractivity contribution in [2.75, 3.05) is 20.2 Å². The number of aromatic nitrogens is 1. The quantitative estimate of drug-likeness (QED) is 0.609. The summed E-state index contributed by atoms with van der Waals surface area (Å²) in [4.78, 5) is 17.5. The highest BCUT2D eigenvalue weighted by Gasteiger charge is 2.19. The molecule has 1 heterocycles. The van der Waals surface area contributed by atoms with Crippen LogP contribution in [-0.2, 0) is 21.5 Å². The summed E-state index contributed by atoms with van der Waals surface area (Å²) in [5.74, 6) is -0.345. The van der Waals surface area contributed by atoms with Crippen LogP contribution in [0, 0.1) is 11.3 Å². The molecule has 1 aromatic rings. The van der Waals surface area contributed by atoms with Crippen LogP contribution in [0.1, 0.15) is 31.5 Å². The number of hydrogen-bond donors (Lipinski definition) is 0. The van der Waals surface area contributed by atoms with E-state index in [-0.39, 0.29) is 24.5 Å². The lowest BCUT2D eigenvalue weighted by Crippen LogP contribution is -2.30. The molecule has 0 N–H and O–H groups in total. The van der Waals surface area contributed by atoms with E-state index in [2.05, 4.69) is 30.5 Å². The SMILES string of the molecule is COC(=O)CN(CC#N)Cc1nc(C(C)(C)C)cs1. The average molecular weight is 281 g/mol. The van der Waals surface area contributed by atoms with Crippen LogP contribution in [0.3, 0.4) is 0 Å². The van der Waals surface area contributed by atoms with E-state index in [4.69, 9.17) is 5.26 Å². The Morgan fingerprint density at radius 1 is 1.58 bits per heavy atom. The van der Waals surface area contributed by atoms with Gasteiger partial charge in [0.25, 0.3) is 0 Å². The van der Waals surface area contributed by atoms with Crippen molar-refractivity contribution in [1.29, 1.82) is 5.26 Å². The van der Waals surface area contributed by atoms with Crippen molar-refractivity contribution in [3.63, 3.8) is 0 Å². The van der Waals surface area contributed by atoms with Gasteiger partial charge in [-0.1, -0.05) is 20.8 Å². The van der Waals surface area contributed by atoms with Crippen molar-refractivity contribution in [1.82, 2.24) is 9.88 Å². The highest BCUT2D eigenvalue weighted by Crippen LogP contribution is 2.24. The zero-order valence-corrected chi connectivity index (χ0v) is 12.6. The van der Waals surface area contributed by atoms with E-state index in [1.165, 1.54) is 7.11 Å². The van der Waals surface area contributed by atoms with E-state index < -0.39 is 0 Å². The minimum absolute atomic E-state index is 0.0111. The summed E-state index contributed by atoms with van der Waals surface area (Å²) in [7, 11) is 1.34. The van der Waals surface area contributed by atoms with Gasteiger partial charge >= 0.3 is 5.97 Å². The molecule has 19 heavy (non-hydrogen) atoms. The maximum absolute atomic E-state index is 11.3. The fourth-order valence-corrected chi connectivity index (χ4v) is 2.50. The van der Waals surface area contributed by atoms with E-state index in [1.54, 1.807) is 16.2 Å². The van der Waals surface area contributed by atoms with Crippen LogP contribution in [0.2, 0.25) is 0 Å². The zero-order chi connectivity index (χ0) is 14.5. The van der Waals surface area contributed by atoms with Gasteiger partial charge in [-0.25, -0.2) is 4.98 Å². The predicted molar refractivity (Wildman–Crippen MR) is 73.7 cm³/mol. The molecule has 0 saturated heterocycles. The van der Waals surface area contributed by atoms with Crippen LogP contribution in [0.15, 0.2) is 5.38 Å². The van der Waals surface area contributed by atoms with Gasteiger partial charge in [-0.2, -0.15) is 5.26 Å². The smallest absolute Gasteiger partial charge is 0.319 e. The summed E-state index contributed by atoms with van der Waals surface area (Å²) < 4.78 is 4.62. The summed E-state index contributed by atoms with van der Waals surface area (Å²) >= 11 is 1.55. The number of methoxy groups -OCH3 is 1. The molecule has 0 radical (unpaired) electrons. The van der Waals surface area contributed by atoms with E-state index in [0.29, 0.717) is 6.54 Å². The van der Waals surface area contributed by atoms with Crippen LogP contribution in [-0.4, -0.2) is 36.1 Å². The topological polar surface area (TPSA) is 66.2 Å². The third-order valence-corrected chi connectivity index (χ3v) is 3.39. The number of ether oxygens (including phenoxy) is 1. The molecule has 0 spiro atoms. The second kappa shape index (κ2) is 6.64. The molecular weight excluding hydrogens is 262 g/mol. The Balaban J connectivity index is 2.72. The molecule has 0 atom stereocenters. The molecule has 5 nitrogen and oxygen atoms in total. The molecule has 0 aliphatic rings. The molecule has 0 fully saturated rings. The van der Waals surface area contributed by atoms with E-state index >= 15 is 0 Å². The number of carbonyl (C=O) groups is 1. The fraction of sp³-hybridized carbons (Fsp3) is 0.615. The van der Waals surface area contributed by atoms with Crippen molar-refractivity contribution >= 4 is 17.3 Å². The normalized spacial score (nSPS) is 11.4. The lowest BCUT2D eigenvalue weighted by Gasteiger charge is -2.16. The predicted octanol–water partition coefficient (Wildman–Crippen LogP) is 1.94. The molecule has 6 heteroatoms. The Hall–Kier alpha value is -1.45. The second-order valence-corrected chi connectivity index (χ2v) is 6.20. The molecule has 0 aromatic carbocycles. The minimum atomic E-state index is -0.345. The summed E-state index contributed by atoms with van der Waals surface area (Å²) in [5, 5.41) is 11.7. The highest BCUT2D eigenvalue weighted by atomic mass is 32.1. The number of hydrogen-bond acceptors (Lipinski definition) is 6. The third-order valence-electron chi connectivity index (χ3n) is 2.55. The van der Waals surface area contributed by atoms with Crippen LogP contribution in [0.5, 0.6) is 0 Å². The van der Waals surface area contributed by atoms with Gasteiger partial charge in [0.15, 0.2) is 0 Å². The van der Waals surface area contributed by atoms with Crippen molar-refractivity contribution in [3.05, 3.63) is 16.1 Å². The Bertz CT molecular complexity index is 471. The number of nitrogens with zero attached hydrogens (tertiary/aromatic N) is 3. The Morgan fingerprint density at radius 2 is 2.26 bits per heavy atom. The number of nitriles is 1. The van der Waals surface area contributed by atoms with Crippen LogP contribution >= 0.6 is 11.3 Å². The van der Waals surface area contributed by atoms with Crippen molar-refractivity contribution in [2.45, 2.75) is 32.7 Å². The highest BCUT2D eigenvalue weighted by molar-refractivity contribution is 7.09. The standard InChI is InChI=1S/C13H19N3O2S/c1-13(2,3)10-9-19-11(15-10)7-16(6-5-14)8-12(17)18-4/h9H,6-8H2,1-4H3. The summed E-state index contributed by atoms with van der Waals surface area (Å²) in [6.45, 7) is 7.09. The van der Waals surface area contributed by atoms with Gasteiger partial charge in [0, 0.05) is 10.8 Å². The van der Waals surface area contributed by atoms with Gasteiger partial charge in [0.1, 0.15) is 5.01 Å². The third kappa shape index (κ3) is 4.97. The first-order valence-electron chi connectivity index (χ1n) is 5.98. The summed E-state index contributed by atoms with van der Waals surface area (Å²) in [5.41, 5.74) is 1.04. The fourth-order valence-electron chi connectivity index (χ4n) is 1.43. The van der Waals surface area contributed by atoms with Gasteiger partial charge in [0.2, 0.25) is 0 Å². The number of rotatable bonds is 5. The van der Waals surface area contributed by atoms with Crippen LogP contribution in [0.4, 0.5) is 0 Å². The molecule has 104 valence electrons. The number of esters is 1. The average Bonchev–Trinajstić information content (AvgIpc) is 2.77. The molecule has 0 saturated carbocycles. The lowest BCUT2D eigenvalue weighted by atomic mass is 9.93. The number of carbonyl (C=O) groups excluding carboxylic acids is 1. The van der Waals surface area contributed by atoms with Gasteiger partial charge in [-0.3, -0.25) is 9.69 Å². The summed E-state index contributed by atoms with van der Waals surface area (Å²) in [6, 6.07) is 2.05. The van der Waals surface area contributed by atoms with Crippen molar-refractivity contribution in [2.24, 2.45) is 0 Å². The first-order valence-corrected chi connectivity index (χ1v) is 6.85. The Morgan fingerprint density at radius 3 is 2.74 bits per heavy atom. The minimum Gasteiger partial charge on any atom is -0.468 e. The van der Waals surface area contributed by atoms with E-state index in [1.807, 2.05) is 11.4 Å². The first-order chi connectivity index (χ1) is 8.86. The van der Waals surface area contributed by atoms with Gasteiger partial charge < -0.3 is 4.74 Å². The molecule has 0 aliphatic heterocycles. The maximum atomic E-state index is 11.3. The monoisotopic (exact) mass is 281 g/mol. The zero-order valence-electron chi connectivity index (χ0n) is 11.8. The largest absolute Gasteiger partial charge is 0.468 e. The first kappa shape index (κ1) is 15.6. The molecule has 0 amide bonds. The molecule has 1 rings (SSSR count). The van der Waals surface area contributed by atoms with Crippen molar-refractivity contribution in [3.8, 4) is 6.07 Å². The van der Waals surface area contributed by atoms with Crippen molar-refractivity contribution < 1.29 is 9.53 Å². The van der Waals surface area contributed by atoms with Gasteiger partial charge in [0.05, 0.1) is 38.5 Å². The van der Waals surface area contributed by atoms with Crippen LogP contribution in [0.25, 0.3) is 0 Å². The molecule has 0 bridgehead atoms. The molecule has 1 aromatic heterocycles. The summed E-state index contributed by atoms with van der Waals surface area (Å²) in [6.07, 6.45) is 0.